The van der Waals surface area contributed by atoms with Crippen LogP contribution in [-0.4, -0.2) is 29.3 Å². The van der Waals surface area contributed by atoms with E-state index < -0.39 is 11.2 Å². The van der Waals surface area contributed by atoms with Gasteiger partial charge in [-0.15, -0.1) is 0 Å². The molecule has 4 heteroatoms. The second kappa shape index (κ2) is 6.04. The summed E-state index contributed by atoms with van der Waals surface area (Å²) in [5, 5.41) is 26.7. The second-order valence-corrected chi connectivity index (χ2v) is 5.25. The topological polar surface area (TPSA) is 64.2 Å². The van der Waals surface area contributed by atoms with Gasteiger partial charge in [0.2, 0.25) is 0 Å². The van der Waals surface area contributed by atoms with Gasteiger partial charge in [0.1, 0.15) is 7.85 Å². The Morgan fingerprint density at radius 1 is 1.11 bits per heavy atom. The molecular weight excluding hydrogens is 225 g/mol. The zero-order valence-corrected chi connectivity index (χ0v) is 11.7. The Balaban J connectivity index is 0.000000331. The van der Waals surface area contributed by atoms with Crippen molar-refractivity contribution in [3.8, 4) is 6.07 Å². The number of aliphatic hydroxyl groups is 2. The van der Waals surface area contributed by atoms with E-state index in [2.05, 4.69) is 6.07 Å². The average molecular weight is 245 g/mol. The fraction of sp³-hybridized carbons (Fsp3) is 0.500. The van der Waals surface area contributed by atoms with Gasteiger partial charge < -0.3 is 10.2 Å². The molecule has 1 aromatic rings. The van der Waals surface area contributed by atoms with E-state index in [-0.39, 0.29) is 0 Å². The van der Waals surface area contributed by atoms with Crippen LogP contribution in [0.1, 0.15) is 38.8 Å². The van der Waals surface area contributed by atoms with E-state index in [1.165, 1.54) is 0 Å². The van der Waals surface area contributed by atoms with Gasteiger partial charge in [-0.2, -0.15) is 5.26 Å². The number of nitriles is 1. The minimum Gasteiger partial charge on any atom is -0.387 e. The lowest BCUT2D eigenvalue weighted by molar-refractivity contribution is -0.107. The van der Waals surface area contributed by atoms with E-state index in [1.807, 2.05) is 6.92 Å². The lowest BCUT2D eigenvalue weighted by atomic mass is 9.89. The highest BCUT2D eigenvalue weighted by Crippen LogP contribution is 2.19. The Kier molecular flexibility index (Phi) is 5.60. The summed E-state index contributed by atoms with van der Waals surface area (Å²) >= 11 is 0. The van der Waals surface area contributed by atoms with Crippen molar-refractivity contribution in [3.05, 3.63) is 29.3 Å². The quantitative estimate of drug-likeness (QED) is 0.730. The van der Waals surface area contributed by atoms with Gasteiger partial charge in [0.05, 0.1) is 22.8 Å². The van der Waals surface area contributed by atoms with E-state index in [4.69, 9.17) is 23.3 Å². The van der Waals surface area contributed by atoms with Gasteiger partial charge in [-0.25, -0.2) is 0 Å². The number of rotatable bonds is 1. The Labute approximate surface area is 110 Å². The number of hydrogen-bond acceptors (Lipinski definition) is 3. The largest absolute Gasteiger partial charge is 0.387 e. The molecule has 2 radical (unpaired) electrons. The van der Waals surface area contributed by atoms with Crippen molar-refractivity contribution in [2.24, 2.45) is 0 Å². The Morgan fingerprint density at radius 3 is 1.83 bits per heavy atom. The predicted octanol–water partition coefficient (Wildman–Crippen LogP) is 1.19. The molecule has 0 spiro atoms. The maximum Gasteiger partial charge on any atom is 0.114 e. The lowest BCUT2D eigenvalue weighted by Crippen LogP contribution is -2.44. The first-order valence-electron chi connectivity index (χ1n) is 5.70. The average Bonchev–Trinajstić information content (AvgIpc) is 2.20. The van der Waals surface area contributed by atoms with Crippen LogP contribution < -0.4 is 5.46 Å². The van der Waals surface area contributed by atoms with Gasteiger partial charge in [0, 0.05) is 0 Å². The highest BCUT2D eigenvalue weighted by Gasteiger charge is 2.31. The molecule has 0 aliphatic carbocycles. The summed E-state index contributed by atoms with van der Waals surface area (Å²) in [6, 6.07) is 7.38. The zero-order chi connectivity index (χ0) is 14.6. The van der Waals surface area contributed by atoms with Crippen molar-refractivity contribution in [1.82, 2.24) is 0 Å². The Morgan fingerprint density at radius 2 is 1.56 bits per heavy atom. The van der Waals surface area contributed by atoms with Gasteiger partial charge in [0.15, 0.2) is 0 Å². The van der Waals surface area contributed by atoms with Crippen LogP contribution in [0.25, 0.3) is 0 Å². The monoisotopic (exact) mass is 245 g/mol. The summed E-state index contributed by atoms with van der Waals surface area (Å²) in [5.74, 6) is 0. The molecule has 0 amide bonds. The first kappa shape index (κ1) is 16.7. The first-order valence-corrected chi connectivity index (χ1v) is 5.70. The summed E-state index contributed by atoms with van der Waals surface area (Å²) in [6.45, 7) is 8.15. The first-order chi connectivity index (χ1) is 8.00. The van der Waals surface area contributed by atoms with Gasteiger partial charge >= 0.3 is 0 Å². The van der Waals surface area contributed by atoms with Crippen LogP contribution in [0, 0.1) is 18.3 Å². The Bertz CT molecular complexity index is 425. The molecule has 2 N–H and O–H groups in total. The van der Waals surface area contributed by atoms with Crippen LogP contribution in [0.15, 0.2) is 18.2 Å². The van der Waals surface area contributed by atoms with Crippen LogP contribution in [0.5, 0.6) is 0 Å². The standard InChI is InChI=1S/C8H6BN.C6H14O2/c1-6-7(5-10)3-2-4-8(6)9;1-5(2,7)6(3,4)8/h2-4H,1H3;7-8H,1-4H3. The number of hydrogen-bond donors (Lipinski definition) is 2. The zero-order valence-electron chi connectivity index (χ0n) is 11.7. The minimum absolute atomic E-state index is 0.653. The molecule has 1 rings (SSSR count). The van der Waals surface area contributed by atoms with Crippen LogP contribution in [0.3, 0.4) is 0 Å². The van der Waals surface area contributed by atoms with E-state index in [0.29, 0.717) is 11.0 Å². The van der Waals surface area contributed by atoms with E-state index >= 15 is 0 Å². The fourth-order valence-electron chi connectivity index (χ4n) is 0.775. The molecule has 96 valence electrons. The smallest absolute Gasteiger partial charge is 0.114 e. The van der Waals surface area contributed by atoms with Crippen molar-refractivity contribution in [2.45, 2.75) is 45.8 Å². The molecule has 0 fully saturated rings. The van der Waals surface area contributed by atoms with Crippen LogP contribution in [0.4, 0.5) is 0 Å². The Hall–Kier alpha value is -1.31. The summed E-state index contributed by atoms with van der Waals surface area (Å²) in [4.78, 5) is 0. The molecule has 18 heavy (non-hydrogen) atoms. The lowest BCUT2D eigenvalue weighted by Gasteiger charge is -2.31. The highest BCUT2D eigenvalue weighted by atomic mass is 16.3. The number of benzene rings is 1. The van der Waals surface area contributed by atoms with Crippen molar-refractivity contribution in [3.63, 3.8) is 0 Å². The summed E-state index contributed by atoms with van der Waals surface area (Å²) in [6.07, 6.45) is 0. The molecule has 0 heterocycles. The van der Waals surface area contributed by atoms with Crippen molar-refractivity contribution in [2.75, 3.05) is 0 Å². The molecule has 3 nitrogen and oxygen atoms in total. The van der Waals surface area contributed by atoms with Crippen LogP contribution in [-0.2, 0) is 0 Å². The molecule has 0 unspecified atom stereocenters. The van der Waals surface area contributed by atoms with Gasteiger partial charge in [-0.1, -0.05) is 17.6 Å². The maximum atomic E-state index is 9.10. The van der Waals surface area contributed by atoms with Crippen LogP contribution >= 0.6 is 0 Å². The molecule has 0 atom stereocenters. The van der Waals surface area contributed by atoms with Crippen molar-refractivity contribution < 1.29 is 10.2 Å². The molecule has 0 saturated heterocycles. The van der Waals surface area contributed by atoms with Gasteiger partial charge in [0.25, 0.3) is 0 Å². The summed E-state index contributed by atoms with van der Waals surface area (Å²) in [7, 11) is 5.55. The summed E-state index contributed by atoms with van der Waals surface area (Å²) < 4.78 is 0. The third-order valence-corrected chi connectivity index (χ3v) is 2.99. The molecule has 0 bridgehead atoms. The normalized spacial score (nSPS) is 11.2. The minimum atomic E-state index is -1.01. The SMILES string of the molecule is CC(C)(O)C(C)(C)O.[B]c1cccc(C#N)c1C. The van der Waals surface area contributed by atoms with Gasteiger partial charge in [-0.05, 0) is 46.2 Å². The third kappa shape index (κ3) is 4.91. The van der Waals surface area contributed by atoms with Crippen LogP contribution in [0.2, 0.25) is 0 Å². The molecule has 0 saturated carbocycles. The predicted molar refractivity (Wildman–Crippen MR) is 73.9 cm³/mol. The molecular formula is C14H20BNO2. The van der Waals surface area contributed by atoms with E-state index in [1.54, 1.807) is 45.9 Å². The van der Waals surface area contributed by atoms with Gasteiger partial charge in [-0.3, -0.25) is 0 Å². The maximum absolute atomic E-state index is 9.10. The second-order valence-electron chi connectivity index (χ2n) is 5.25. The highest BCUT2D eigenvalue weighted by molar-refractivity contribution is 6.33. The summed E-state index contributed by atoms with van der Waals surface area (Å²) in [5.41, 5.74) is 0.184. The molecule has 0 aliphatic heterocycles. The van der Waals surface area contributed by atoms with Crippen molar-refractivity contribution in [1.29, 1.82) is 5.26 Å². The fourth-order valence-corrected chi connectivity index (χ4v) is 0.775. The van der Waals surface area contributed by atoms with E-state index in [9.17, 15) is 0 Å². The van der Waals surface area contributed by atoms with E-state index in [0.717, 1.165) is 5.56 Å². The molecule has 0 aromatic heterocycles. The third-order valence-electron chi connectivity index (χ3n) is 2.99. The molecule has 1 aromatic carbocycles. The van der Waals surface area contributed by atoms with Crippen molar-refractivity contribution >= 4 is 13.3 Å². The number of nitrogens with zero attached hydrogens (tertiary/aromatic N) is 1. The molecule has 0 aliphatic rings.